The summed E-state index contributed by atoms with van der Waals surface area (Å²) in [6.07, 6.45) is 1.25. The summed E-state index contributed by atoms with van der Waals surface area (Å²) in [6, 6.07) is 6.28. The molecule has 0 amide bonds. The molecule has 0 bridgehead atoms. The van der Waals surface area contributed by atoms with Gasteiger partial charge in [0.15, 0.2) is 0 Å². The highest BCUT2D eigenvalue weighted by Gasteiger charge is 2.19. The lowest BCUT2D eigenvalue weighted by Gasteiger charge is -2.15. The first-order valence-electron chi connectivity index (χ1n) is 5.38. The lowest BCUT2D eigenvalue weighted by atomic mass is 10.2. The minimum Gasteiger partial charge on any atom is -0.496 e. The molecule has 1 saturated heterocycles. The largest absolute Gasteiger partial charge is 0.496 e. The summed E-state index contributed by atoms with van der Waals surface area (Å²) in [5.41, 5.74) is 1.33. The van der Waals surface area contributed by atoms with Crippen molar-refractivity contribution in [2.75, 3.05) is 20.2 Å². The molecule has 1 aliphatic heterocycles. The normalized spacial score (nSPS) is 21.3. The predicted octanol–water partition coefficient (Wildman–Crippen LogP) is 3.43. The minimum absolute atomic E-state index is 0.661. The molecule has 0 N–H and O–H groups in total. The number of nitrogens with zero attached hydrogens (tertiary/aromatic N) is 1. The number of hydrogen-bond donors (Lipinski definition) is 0. The van der Waals surface area contributed by atoms with Crippen molar-refractivity contribution in [3.63, 3.8) is 0 Å². The van der Waals surface area contributed by atoms with Gasteiger partial charge in [-0.3, -0.25) is 4.90 Å². The van der Waals surface area contributed by atoms with Crippen LogP contribution < -0.4 is 4.74 Å². The van der Waals surface area contributed by atoms with Crippen LogP contribution in [0.4, 0.5) is 0 Å². The average molecular weight is 349 g/mol. The van der Waals surface area contributed by atoms with Crippen molar-refractivity contribution < 1.29 is 4.74 Å². The summed E-state index contributed by atoms with van der Waals surface area (Å²) in [5, 5.41) is 0. The third-order valence-electron chi connectivity index (χ3n) is 2.84. The number of benzene rings is 1. The second-order valence-corrected chi connectivity index (χ2v) is 6.24. The van der Waals surface area contributed by atoms with Crippen molar-refractivity contribution in [1.29, 1.82) is 0 Å². The fraction of sp³-hybridized carbons (Fsp3) is 0.500. The summed E-state index contributed by atoms with van der Waals surface area (Å²) >= 11 is 7.17. The summed E-state index contributed by atoms with van der Waals surface area (Å²) in [5.74, 6) is 0.892. The minimum atomic E-state index is 0.661. The first kappa shape index (κ1) is 12.4. The molecule has 1 heterocycles. The molecule has 88 valence electrons. The second-order valence-electron chi connectivity index (χ2n) is 4.09. The Kier molecular flexibility index (Phi) is 4.27. The molecule has 2 nitrogen and oxygen atoms in total. The standard InChI is InChI=1S/C12H15Br2NO/c1-16-12-3-2-9(6-11(12)14)7-15-5-4-10(13)8-15/h2-3,6,10H,4-5,7-8H2,1H3. The van der Waals surface area contributed by atoms with Crippen molar-refractivity contribution in [3.8, 4) is 5.75 Å². The van der Waals surface area contributed by atoms with E-state index in [4.69, 9.17) is 4.74 Å². The van der Waals surface area contributed by atoms with Gasteiger partial charge in [-0.05, 0) is 46.6 Å². The zero-order chi connectivity index (χ0) is 11.5. The van der Waals surface area contributed by atoms with E-state index < -0.39 is 0 Å². The number of alkyl halides is 1. The van der Waals surface area contributed by atoms with Crippen LogP contribution in [0.25, 0.3) is 0 Å². The van der Waals surface area contributed by atoms with Crippen LogP contribution in [0.1, 0.15) is 12.0 Å². The molecule has 1 unspecified atom stereocenters. The van der Waals surface area contributed by atoms with E-state index in [9.17, 15) is 0 Å². The Bertz CT molecular complexity index is 370. The lowest BCUT2D eigenvalue weighted by molar-refractivity contribution is 0.332. The summed E-state index contributed by atoms with van der Waals surface area (Å²) < 4.78 is 6.25. The van der Waals surface area contributed by atoms with Gasteiger partial charge in [-0.15, -0.1) is 0 Å². The number of hydrogen-bond acceptors (Lipinski definition) is 2. The summed E-state index contributed by atoms with van der Waals surface area (Å²) in [7, 11) is 1.69. The van der Waals surface area contributed by atoms with Gasteiger partial charge in [0.05, 0.1) is 11.6 Å². The Morgan fingerprint density at radius 2 is 2.31 bits per heavy atom. The Balaban J connectivity index is 2.02. The highest BCUT2D eigenvalue weighted by Crippen LogP contribution is 2.27. The van der Waals surface area contributed by atoms with Crippen LogP contribution in [0.15, 0.2) is 22.7 Å². The average Bonchev–Trinajstić information content (AvgIpc) is 2.64. The third-order valence-corrected chi connectivity index (χ3v) is 4.20. The number of rotatable bonds is 3. The highest BCUT2D eigenvalue weighted by atomic mass is 79.9. The van der Waals surface area contributed by atoms with Gasteiger partial charge in [0, 0.05) is 17.9 Å². The molecule has 0 radical (unpaired) electrons. The second kappa shape index (κ2) is 5.52. The Labute approximate surface area is 113 Å². The highest BCUT2D eigenvalue weighted by molar-refractivity contribution is 9.10. The first-order valence-corrected chi connectivity index (χ1v) is 7.09. The van der Waals surface area contributed by atoms with E-state index in [2.05, 4.69) is 48.9 Å². The quantitative estimate of drug-likeness (QED) is 0.776. The van der Waals surface area contributed by atoms with Crippen LogP contribution in [0.5, 0.6) is 5.75 Å². The predicted molar refractivity (Wildman–Crippen MR) is 73.3 cm³/mol. The Hall–Kier alpha value is -0.0600. The lowest BCUT2D eigenvalue weighted by Crippen LogP contribution is -2.20. The van der Waals surface area contributed by atoms with Crippen LogP contribution in [0.2, 0.25) is 0 Å². The van der Waals surface area contributed by atoms with Crippen molar-refractivity contribution >= 4 is 31.9 Å². The van der Waals surface area contributed by atoms with E-state index in [-0.39, 0.29) is 0 Å². The smallest absolute Gasteiger partial charge is 0.133 e. The van der Waals surface area contributed by atoms with E-state index in [1.165, 1.54) is 18.5 Å². The van der Waals surface area contributed by atoms with E-state index in [0.29, 0.717) is 4.83 Å². The van der Waals surface area contributed by atoms with Crippen molar-refractivity contribution in [2.45, 2.75) is 17.8 Å². The number of ether oxygens (including phenoxy) is 1. The molecule has 0 spiro atoms. The zero-order valence-electron chi connectivity index (χ0n) is 9.25. The Morgan fingerprint density at radius 3 is 2.88 bits per heavy atom. The van der Waals surface area contributed by atoms with Gasteiger partial charge < -0.3 is 4.74 Å². The van der Waals surface area contributed by atoms with Gasteiger partial charge in [-0.2, -0.15) is 0 Å². The molecule has 0 saturated carbocycles. The molecule has 0 aromatic heterocycles. The molecule has 1 aromatic rings. The molecule has 1 aliphatic rings. The van der Waals surface area contributed by atoms with Gasteiger partial charge in [0.2, 0.25) is 0 Å². The van der Waals surface area contributed by atoms with E-state index in [1.807, 2.05) is 6.07 Å². The molecule has 1 atom stereocenters. The van der Waals surface area contributed by atoms with Crippen molar-refractivity contribution in [3.05, 3.63) is 28.2 Å². The Morgan fingerprint density at radius 1 is 1.50 bits per heavy atom. The fourth-order valence-electron chi connectivity index (χ4n) is 2.00. The summed E-state index contributed by atoms with van der Waals surface area (Å²) in [4.78, 5) is 3.13. The molecule has 4 heteroatoms. The molecular formula is C12H15Br2NO. The molecule has 16 heavy (non-hydrogen) atoms. The van der Waals surface area contributed by atoms with Gasteiger partial charge in [-0.1, -0.05) is 22.0 Å². The fourth-order valence-corrected chi connectivity index (χ4v) is 3.20. The molecule has 2 rings (SSSR count). The molecule has 0 aliphatic carbocycles. The third kappa shape index (κ3) is 2.99. The van der Waals surface area contributed by atoms with Gasteiger partial charge >= 0.3 is 0 Å². The summed E-state index contributed by atoms with van der Waals surface area (Å²) in [6.45, 7) is 3.34. The zero-order valence-corrected chi connectivity index (χ0v) is 12.4. The maximum absolute atomic E-state index is 5.22. The van der Waals surface area contributed by atoms with E-state index in [1.54, 1.807) is 7.11 Å². The number of halogens is 2. The maximum Gasteiger partial charge on any atom is 0.133 e. The van der Waals surface area contributed by atoms with Crippen molar-refractivity contribution in [2.24, 2.45) is 0 Å². The van der Waals surface area contributed by atoms with Crippen molar-refractivity contribution in [1.82, 2.24) is 4.90 Å². The topological polar surface area (TPSA) is 12.5 Å². The van der Waals surface area contributed by atoms with Crippen LogP contribution in [0.3, 0.4) is 0 Å². The van der Waals surface area contributed by atoms with Gasteiger partial charge in [-0.25, -0.2) is 0 Å². The van der Waals surface area contributed by atoms with E-state index in [0.717, 1.165) is 23.3 Å². The van der Waals surface area contributed by atoms with E-state index >= 15 is 0 Å². The molecule has 1 aromatic carbocycles. The van der Waals surface area contributed by atoms with Crippen LogP contribution in [0, 0.1) is 0 Å². The van der Waals surface area contributed by atoms with Gasteiger partial charge in [0.1, 0.15) is 5.75 Å². The maximum atomic E-state index is 5.22. The molecular weight excluding hydrogens is 334 g/mol. The molecule has 1 fully saturated rings. The number of methoxy groups -OCH3 is 1. The van der Waals surface area contributed by atoms with Crippen LogP contribution >= 0.6 is 31.9 Å². The first-order chi connectivity index (χ1) is 7.69. The van der Waals surface area contributed by atoms with Gasteiger partial charge in [0.25, 0.3) is 0 Å². The van der Waals surface area contributed by atoms with Crippen LogP contribution in [-0.2, 0) is 6.54 Å². The number of likely N-dealkylation sites (tertiary alicyclic amines) is 1. The SMILES string of the molecule is COc1ccc(CN2CCC(Br)C2)cc1Br. The monoisotopic (exact) mass is 347 g/mol. The van der Waals surface area contributed by atoms with Crippen LogP contribution in [-0.4, -0.2) is 29.9 Å².